The maximum absolute atomic E-state index is 12.1. The van der Waals surface area contributed by atoms with Gasteiger partial charge in [-0.3, -0.25) is 4.79 Å². The Labute approximate surface area is 97.8 Å². The third-order valence-corrected chi connectivity index (χ3v) is 3.37. The van der Waals surface area contributed by atoms with Gasteiger partial charge in [0.05, 0.1) is 12.1 Å². The fourth-order valence-electron chi connectivity index (χ4n) is 1.90. The Hall–Kier alpha value is -0.610. The van der Waals surface area contributed by atoms with Crippen LogP contribution >= 0.6 is 0 Å². The molecule has 3 N–H and O–H groups in total. The molecule has 0 saturated carbocycles. The molecule has 0 aliphatic carbocycles. The summed E-state index contributed by atoms with van der Waals surface area (Å²) in [5, 5.41) is 9.61. The molecule has 1 aliphatic rings. The smallest absolute Gasteiger partial charge is 0.240 e. The van der Waals surface area contributed by atoms with Gasteiger partial charge >= 0.3 is 0 Å². The maximum Gasteiger partial charge on any atom is 0.240 e. The Bertz CT molecular complexity index is 260. The number of rotatable bonds is 1. The molecule has 4 nitrogen and oxygen atoms in total. The van der Waals surface area contributed by atoms with Gasteiger partial charge in [-0.15, -0.1) is 0 Å². The van der Waals surface area contributed by atoms with Crippen LogP contribution in [0.3, 0.4) is 0 Å². The SMILES string of the molecule is CC1CN(C(=O)[C@H](N)C(C)(C)C)CCC1O. The summed E-state index contributed by atoms with van der Waals surface area (Å²) < 4.78 is 0. The highest BCUT2D eigenvalue weighted by Crippen LogP contribution is 2.22. The molecule has 0 aromatic rings. The van der Waals surface area contributed by atoms with Crippen LogP contribution < -0.4 is 5.73 Å². The van der Waals surface area contributed by atoms with E-state index in [1.54, 1.807) is 4.90 Å². The number of hydrogen-bond acceptors (Lipinski definition) is 3. The average Bonchev–Trinajstić information content (AvgIpc) is 2.18. The fraction of sp³-hybridized carbons (Fsp3) is 0.917. The van der Waals surface area contributed by atoms with Crippen molar-refractivity contribution < 1.29 is 9.90 Å². The number of carbonyl (C=O) groups excluding carboxylic acids is 1. The molecule has 0 aromatic carbocycles. The Morgan fingerprint density at radius 2 is 2.06 bits per heavy atom. The predicted molar refractivity (Wildman–Crippen MR) is 63.8 cm³/mol. The molecule has 1 fully saturated rings. The lowest BCUT2D eigenvalue weighted by Crippen LogP contribution is -2.54. The minimum Gasteiger partial charge on any atom is -0.393 e. The highest BCUT2D eigenvalue weighted by molar-refractivity contribution is 5.82. The quantitative estimate of drug-likeness (QED) is 0.690. The molecule has 94 valence electrons. The molecule has 1 aliphatic heterocycles. The monoisotopic (exact) mass is 228 g/mol. The number of amides is 1. The summed E-state index contributed by atoms with van der Waals surface area (Å²) in [7, 11) is 0. The predicted octanol–water partition coefficient (Wildman–Crippen LogP) is 0.589. The standard InChI is InChI=1S/C12H24N2O2/c1-8-7-14(6-5-9(8)15)11(16)10(13)12(2,3)4/h8-10,15H,5-7,13H2,1-4H3/t8?,9?,10-/m0/s1. The second kappa shape index (κ2) is 4.72. The van der Waals surface area contributed by atoms with Crippen LogP contribution in [0.1, 0.15) is 34.1 Å². The van der Waals surface area contributed by atoms with E-state index in [1.807, 2.05) is 27.7 Å². The molecular weight excluding hydrogens is 204 g/mol. The van der Waals surface area contributed by atoms with Gasteiger partial charge in [-0.05, 0) is 17.8 Å². The van der Waals surface area contributed by atoms with Crippen LogP contribution in [-0.4, -0.2) is 41.1 Å². The van der Waals surface area contributed by atoms with Gasteiger partial charge < -0.3 is 15.7 Å². The van der Waals surface area contributed by atoms with E-state index < -0.39 is 6.04 Å². The molecule has 0 bridgehead atoms. The van der Waals surface area contributed by atoms with Crippen molar-refractivity contribution in [2.75, 3.05) is 13.1 Å². The van der Waals surface area contributed by atoms with E-state index in [4.69, 9.17) is 5.73 Å². The number of nitrogens with two attached hydrogens (primary N) is 1. The van der Waals surface area contributed by atoms with E-state index >= 15 is 0 Å². The molecule has 1 heterocycles. The topological polar surface area (TPSA) is 66.6 Å². The zero-order chi connectivity index (χ0) is 12.5. The Balaban J connectivity index is 2.62. The molecule has 3 atom stereocenters. The van der Waals surface area contributed by atoms with Crippen LogP contribution in [-0.2, 0) is 4.79 Å². The summed E-state index contributed by atoms with van der Waals surface area (Å²) in [5.74, 6) is 0.149. The largest absolute Gasteiger partial charge is 0.393 e. The number of nitrogens with zero attached hydrogens (tertiary/aromatic N) is 1. The van der Waals surface area contributed by atoms with Crippen molar-refractivity contribution in [1.29, 1.82) is 0 Å². The van der Waals surface area contributed by atoms with Crippen molar-refractivity contribution in [3.8, 4) is 0 Å². The summed E-state index contributed by atoms with van der Waals surface area (Å²) in [4.78, 5) is 13.9. The fourth-order valence-corrected chi connectivity index (χ4v) is 1.90. The first kappa shape index (κ1) is 13.5. The van der Waals surface area contributed by atoms with Crippen molar-refractivity contribution >= 4 is 5.91 Å². The van der Waals surface area contributed by atoms with Gasteiger partial charge in [0, 0.05) is 13.1 Å². The van der Waals surface area contributed by atoms with Gasteiger partial charge in [-0.1, -0.05) is 27.7 Å². The van der Waals surface area contributed by atoms with E-state index in [-0.39, 0.29) is 23.3 Å². The summed E-state index contributed by atoms with van der Waals surface area (Å²) in [6, 6.07) is -0.463. The van der Waals surface area contributed by atoms with Crippen LogP contribution in [0.5, 0.6) is 0 Å². The maximum atomic E-state index is 12.1. The summed E-state index contributed by atoms with van der Waals surface area (Å²) in [6.07, 6.45) is 0.374. The average molecular weight is 228 g/mol. The highest BCUT2D eigenvalue weighted by atomic mass is 16.3. The Morgan fingerprint density at radius 1 is 1.50 bits per heavy atom. The van der Waals surface area contributed by atoms with E-state index in [1.165, 1.54) is 0 Å². The molecule has 0 spiro atoms. The first-order valence-corrected chi connectivity index (χ1v) is 5.96. The van der Waals surface area contributed by atoms with E-state index in [0.29, 0.717) is 19.5 Å². The number of piperidine rings is 1. The minimum atomic E-state index is -0.463. The Morgan fingerprint density at radius 3 is 2.50 bits per heavy atom. The number of likely N-dealkylation sites (tertiary alicyclic amines) is 1. The first-order chi connectivity index (χ1) is 7.23. The normalized spacial score (nSPS) is 29.0. The van der Waals surface area contributed by atoms with Crippen molar-refractivity contribution in [1.82, 2.24) is 4.90 Å². The third kappa shape index (κ3) is 2.95. The van der Waals surface area contributed by atoms with Gasteiger partial charge in [-0.2, -0.15) is 0 Å². The van der Waals surface area contributed by atoms with Gasteiger partial charge in [0.2, 0.25) is 5.91 Å². The summed E-state index contributed by atoms with van der Waals surface area (Å²) in [6.45, 7) is 9.11. The number of aliphatic hydroxyl groups excluding tert-OH is 1. The van der Waals surface area contributed by atoms with Crippen LogP contribution in [0.4, 0.5) is 0 Å². The van der Waals surface area contributed by atoms with Crippen LogP contribution in [0.15, 0.2) is 0 Å². The first-order valence-electron chi connectivity index (χ1n) is 5.96. The molecule has 1 amide bonds. The summed E-state index contributed by atoms with van der Waals surface area (Å²) in [5.41, 5.74) is 5.74. The Kier molecular flexibility index (Phi) is 3.97. The van der Waals surface area contributed by atoms with Crippen molar-refractivity contribution in [3.63, 3.8) is 0 Å². The van der Waals surface area contributed by atoms with Crippen LogP contribution in [0.2, 0.25) is 0 Å². The minimum absolute atomic E-state index is 0.00579. The van der Waals surface area contributed by atoms with Crippen molar-refractivity contribution in [2.24, 2.45) is 17.1 Å². The molecule has 4 heteroatoms. The molecule has 2 unspecified atom stereocenters. The summed E-state index contributed by atoms with van der Waals surface area (Å²) >= 11 is 0. The molecule has 0 aromatic heterocycles. The lowest BCUT2D eigenvalue weighted by molar-refractivity contribution is -0.138. The second-order valence-corrected chi connectivity index (χ2v) is 5.96. The van der Waals surface area contributed by atoms with Crippen molar-refractivity contribution in [3.05, 3.63) is 0 Å². The zero-order valence-corrected chi connectivity index (χ0v) is 10.7. The number of aliphatic hydroxyl groups is 1. The van der Waals surface area contributed by atoms with Crippen LogP contribution in [0, 0.1) is 11.3 Å². The van der Waals surface area contributed by atoms with Crippen molar-refractivity contribution in [2.45, 2.75) is 46.3 Å². The molecular formula is C12H24N2O2. The lowest BCUT2D eigenvalue weighted by atomic mass is 9.85. The third-order valence-electron chi connectivity index (χ3n) is 3.37. The lowest BCUT2D eigenvalue weighted by Gasteiger charge is -2.38. The van der Waals surface area contributed by atoms with E-state index in [2.05, 4.69) is 0 Å². The van der Waals surface area contributed by atoms with Gasteiger partial charge in [-0.25, -0.2) is 0 Å². The molecule has 1 rings (SSSR count). The van der Waals surface area contributed by atoms with Crippen LogP contribution in [0.25, 0.3) is 0 Å². The van der Waals surface area contributed by atoms with E-state index in [0.717, 1.165) is 0 Å². The van der Waals surface area contributed by atoms with E-state index in [9.17, 15) is 9.90 Å². The van der Waals surface area contributed by atoms with Gasteiger partial charge in [0.25, 0.3) is 0 Å². The molecule has 1 saturated heterocycles. The highest BCUT2D eigenvalue weighted by Gasteiger charge is 2.34. The van der Waals surface area contributed by atoms with Gasteiger partial charge in [0.1, 0.15) is 0 Å². The zero-order valence-electron chi connectivity index (χ0n) is 10.7. The van der Waals surface area contributed by atoms with Gasteiger partial charge in [0.15, 0.2) is 0 Å². The molecule has 0 radical (unpaired) electrons. The second-order valence-electron chi connectivity index (χ2n) is 5.96. The molecule has 16 heavy (non-hydrogen) atoms. The number of carbonyl (C=O) groups is 1. The number of hydrogen-bond donors (Lipinski definition) is 2.